The highest BCUT2D eigenvalue weighted by atomic mass is 19.4. The molecule has 2 aliphatic carbocycles. The summed E-state index contributed by atoms with van der Waals surface area (Å²) >= 11 is 0. The minimum absolute atomic E-state index is 0.0825. The average Bonchev–Trinajstić information content (AvgIpc) is 2.95. The number of rotatable bonds is 9. The Morgan fingerprint density at radius 2 is 1.44 bits per heavy atom. The van der Waals surface area contributed by atoms with E-state index in [1.165, 1.54) is 30.3 Å². The van der Waals surface area contributed by atoms with Crippen LogP contribution in [0.5, 0.6) is 5.75 Å². The van der Waals surface area contributed by atoms with E-state index in [1.807, 2.05) is 6.92 Å². The van der Waals surface area contributed by atoms with Crippen molar-refractivity contribution in [1.29, 1.82) is 0 Å². The summed E-state index contributed by atoms with van der Waals surface area (Å²) in [6.45, 7) is 2.03. The van der Waals surface area contributed by atoms with Gasteiger partial charge in [0.25, 0.3) is 0 Å². The highest BCUT2D eigenvalue weighted by molar-refractivity contribution is 5.39. The zero-order chi connectivity index (χ0) is 30.7. The molecule has 1 saturated carbocycles. The summed E-state index contributed by atoms with van der Waals surface area (Å²) in [5, 5.41) is 0. The van der Waals surface area contributed by atoms with Gasteiger partial charge in [0.1, 0.15) is 29.0 Å². The molecule has 0 spiro atoms. The smallest absolute Gasteiger partial charge is 0.406 e. The van der Waals surface area contributed by atoms with E-state index in [0.29, 0.717) is 74.5 Å². The summed E-state index contributed by atoms with van der Waals surface area (Å²) in [5.41, 5.74) is 2.96. The monoisotopic (exact) mass is 606 g/mol. The predicted molar refractivity (Wildman–Crippen MR) is 152 cm³/mol. The molecule has 0 bridgehead atoms. The Bertz CT molecular complexity index is 1380. The van der Waals surface area contributed by atoms with Gasteiger partial charge in [0, 0.05) is 11.1 Å². The lowest BCUT2D eigenvalue weighted by Crippen LogP contribution is -2.21. The summed E-state index contributed by atoms with van der Waals surface area (Å²) in [6.07, 6.45) is 2.62. The predicted octanol–water partition coefficient (Wildman–Crippen LogP) is 10.7. The van der Waals surface area contributed by atoms with Crippen LogP contribution in [0.4, 0.5) is 30.7 Å². The Labute approximate surface area is 248 Å². The van der Waals surface area contributed by atoms with E-state index in [0.717, 1.165) is 18.4 Å². The fourth-order valence-electron chi connectivity index (χ4n) is 6.99. The number of ether oxygens (including phenoxy) is 1. The van der Waals surface area contributed by atoms with Crippen molar-refractivity contribution in [2.45, 2.75) is 102 Å². The molecule has 0 amide bonds. The van der Waals surface area contributed by atoms with Crippen molar-refractivity contribution in [3.63, 3.8) is 0 Å². The van der Waals surface area contributed by atoms with Gasteiger partial charge in [-0.3, -0.25) is 0 Å². The molecule has 0 aromatic heterocycles. The van der Waals surface area contributed by atoms with Gasteiger partial charge in [0.05, 0.1) is 0 Å². The number of aryl methyl sites for hydroxylation is 1. The summed E-state index contributed by atoms with van der Waals surface area (Å²) in [4.78, 5) is 0. The summed E-state index contributed by atoms with van der Waals surface area (Å²) in [5.74, 6) is -2.42. The zero-order valence-electron chi connectivity index (χ0n) is 24.3. The molecular weight excluding hydrogens is 569 g/mol. The van der Waals surface area contributed by atoms with E-state index >= 15 is 8.78 Å². The second kappa shape index (κ2) is 13.3. The van der Waals surface area contributed by atoms with Crippen LogP contribution in [0.1, 0.15) is 104 Å². The molecule has 232 valence electrons. The molecule has 1 fully saturated rings. The van der Waals surface area contributed by atoms with Gasteiger partial charge in [-0.1, -0.05) is 25.5 Å². The van der Waals surface area contributed by atoms with Crippen molar-refractivity contribution in [3.05, 3.63) is 99.1 Å². The quantitative estimate of drug-likeness (QED) is 0.220. The SMILES string of the molecule is CCCCc1cc(F)c(CCC2CCc3c(cc(F)c(C4CCC(c5ccc(OC(F)(F)F)cc5)CC4)c3F)C2)c(F)c1. The molecule has 0 aliphatic heterocycles. The Morgan fingerprint density at radius 3 is 2.07 bits per heavy atom. The average molecular weight is 607 g/mol. The van der Waals surface area contributed by atoms with Crippen LogP contribution in [0.25, 0.3) is 0 Å². The number of halogens is 7. The van der Waals surface area contributed by atoms with Gasteiger partial charge in [0.15, 0.2) is 0 Å². The van der Waals surface area contributed by atoms with Crippen molar-refractivity contribution in [2.24, 2.45) is 5.92 Å². The maximum Gasteiger partial charge on any atom is 0.573 e. The van der Waals surface area contributed by atoms with Gasteiger partial charge in [-0.25, -0.2) is 17.6 Å². The van der Waals surface area contributed by atoms with Crippen LogP contribution in [0.3, 0.4) is 0 Å². The summed E-state index contributed by atoms with van der Waals surface area (Å²) in [6, 6.07) is 10.1. The van der Waals surface area contributed by atoms with Crippen molar-refractivity contribution < 1.29 is 35.5 Å². The Balaban J connectivity index is 1.20. The lowest BCUT2D eigenvalue weighted by molar-refractivity contribution is -0.274. The molecular formula is C35H37F7O. The van der Waals surface area contributed by atoms with Crippen molar-refractivity contribution in [1.82, 2.24) is 0 Å². The molecule has 8 heteroatoms. The molecule has 0 heterocycles. The van der Waals surface area contributed by atoms with E-state index < -0.39 is 29.6 Å². The van der Waals surface area contributed by atoms with Gasteiger partial charge < -0.3 is 4.74 Å². The largest absolute Gasteiger partial charge is 0.573 e. The molecule has 1 atom stereocenters. The number of fused-ring (bicyclic) bond motifs is 1. The highest BCUT2D eigenvalue weighted by Gasteiger charge is 2.33. The third-order valence-electron chi connectivity index (χ3n) is 9.30. The van der Waals surface area contributed by atoms with Gasteiger partial charge in [-0.15, -0.1) is 13.2 Å². The van der Waals surface area contributed by atoms with Crippen LogP contribution >= 0.6 is 0 Å². The summed E-state index contributed by atoms with van der Waals surface area (Å²) in [7, 11) is 0. The Hall–Kier alpha value is -3.03. The van der Waals surface area contributed by atoms with Gasteiger partial charge in [-0.05, 0) is 141 Å². The second-order valence-corrected chi connectivity index (χ2v) is 12.2. The first-order chi connectivity index (χ1) is 20.5. The molecule has 1 unspecified atom stereocenters. The van der Waals surface area contributed by atoms with E-state index in [-0.39, 0.29) is 41.1 Å². The van der Waals surface area contributed by atoms with Crippen molar-refractivity contribution in [3.8, 4) is 5.75 Å². The normalized spacial score (nSPS) is 20.6. The first-order valence-corrected chi connectivity index (χ1v) is 15.3. The minimum atomic E-state index is -4.75. The molecule has 2 aliphatic rings. The van der Waals surface area contributed by atoms with Crippen LogP contribution in [-0.2, 0) is 25.7 Å². The van der Waals surface area contributed by atoms with E-state index in [2.05, 4.69) is 4.74 Å². The van der Waals surface area contributed by atoms with Gasteiger partial charge in [-0.2, -0.15) is 0 Å². The number of alkyl halides is 3. The number of benzene rings is 3. The molecule has 1 nitrogen and oxygen atoms in total. The van der Waals surface area contributed by atoms with Crippen molar-refractivity contribution in [2.75, 3.05) is 0 Å². The van der Waals surface area contributed by atoms with Gasteiger partial charge in [0.2, 0.25) is 0 Å². The maximum atomic E-state index is 15.8. The fraction of sp³-hybridized carbons (Fsp3) is 0.486. The molecule has 0 radical (unpaired) electrons. The first-order valence-electron chi connectivity index (χ1n) is 15.3. The molecule has 5 rings (SSSR count). The van der Waals surface area contributed by atoms with Crippen LogP contribution in [0.2, 0.25) is 0 Å². The van der Waals surface area contributed by atoms with E-state index in [9.17, 15) is 22.0 Å². The zero-order valence-corrected chi connectivity index (χ0v) is 24.3. The number of hydrogen-bond acceptors (Lipinski definition) is 1. The fourth-order valence-corrected chi connectivity index (χ4v) is 6.99. The van der Waals surface area contributed by atoms with Gasteiger partial charge >= 0.3 is 6.36 Å². The topological polar surface area (TPSA) is 9.23 Å². The Kier molecular flexibility index (Phi) is 9.72. The molecule has 0 saturated heterocycles. The third-order valence-corrected chi connectivity index (χ3v) is 9.30. The highest BCUT2D eigenvalue weighted by Crippen LogP contribution is 2.44. The standard InChI is InChI=1S/C35H37F7O/c1-2-3-4-22-18-30(36)29(31(37)19-22)16-6-21-5-15-28-26(17-21)20-32(38)33(34(28)39)25-9-7-23(8-10-25)24-11-13-27(14-12-24)43-35(40,41)42/h11-14,18-21,23,25H,2-10,15-17H2,1H3. The van der Waals surface area contributed by atoms with Crippen LogP contribution in [0, 0.1) is 29.2 Å². The lowest BCUT2D eigenvalue weighted by Gasteiger charge is -2.32. The summed E-state index contributed by atoms with van der Waals surface area (Å²) < 4.78 is 102. The molecule has 3 aromatic rings. The third kappa shape index (κ3) is 7.55. The van der Waals surface area contributed by atoms with Crippen molar-refractivity contribution >= 4 is 0 Å². The van der Waals surface area contributed by atoms with Crippen LogP contribution < -0.4 is 4.74 Å². The minimum Gasteiger partial charge on any atom is -0.406 e. The molecule has 3 aromatic carbocycles. The van der Waals surface area contributed by atoms with E-state index in [1.54, 1.807) is 12.1 Å². The molecule has 43 heavy (non-hydrogen) atoms. The maximum absolute atomic E-state index is 15.8. The second-order valence-electron chi connectivity index (χ2n) is 12.2. The van der Waals surface area contributed by atoms with E-state index in [4.69, 9.17) is 0 Å². The Morgan fingerprint density at radius 1 is 0.791 bits per heavy atom. The lowest BCUT2D eigenvalue weighted by atomic mass is 9.74. The number of hydrogen-bond donors (Lipinski definition) is 0. The van der Waals surface area contributed by atoms with Crippen LogP contribution in [-0.4, -0.2) is 6.36 Å². The molecule has 0 N–H and O–H groups in total. The van der Waals surface area contributed by atoms with Crippen LogP contribution in [0.15, 0.2) is 42.5 Å². The first kappa shape index (κ1) is 31.4. The number of unbranched alkanes of at least 4 members (excludes halogenated alkanes) is 1.